The Kier molecular flexibility index (Phi) is 3.23. The first-order valence-electron chi connectivity index (χ1n) is 4.38. The Bertz CT molecular complexity index is 333. The number of hydrogen-bond donors (Lipinski definition) is 2. The van der Waals surface area contributed by atoms with Gasteiger partial charge in [-0.05, 0) is 20.8 Å². The van der Waals surface area contributed by atoms with Gasteiger partial charge in [0.25, 0.3) is 0 Å². The standard InChI is InChI=1S/C9H15N3OS/c1-6-12-7(5-14-6)4-11-9(2,3)8(10)13/h5,11H,4H2,1-3H3,(H2,10,13). The smallest absolute Gasteiger partial charge is 0.237 e. The lowest BCUT2D eigenvalue weighted by molar-refractivity contribution is -0.123. The average Bonchev–Trinajstić information content (AvgIpc) is 2.48. The predicted octanol–water partition coefficient (Wildman–Crippen LogP) is 0.805. The highest BCUT2D eigenvalue weighted by molar-refractivity contribution is 7.09. The molecule has 1 aromatic rings. The Morgan fingerprint density at radius 1 is 1.71 bits per heavy atom. The third-order valence-corrected chi connectivity index (χ3v) is 2.82. The summed E-state index contributed by atoms with van der Waals surface area (Å²) < 4.78 is 0. The number of rotatable bonds is 4. The molecule has 0 saturated carbocycles. The Morgan fingerprint density at radius 2 is 2.36 bits per heavy atom. The van der Waals surface area contributed by atoms with Gasteiger partial charge in [0, 0.05) is 11.9 Å². The normalized spacial score (nSPS) is 11.6. The molecule has 0 bridgehead atoms. The topological polar surface area (TPSA) is 68.0 Å². The van der Waals surface area contributed by atoms with Gasteiger partial charge in [-0.15, -0.1) is 11.3 Å². The number of carbonyl (C=O) groups is 1. The molecule has 78 valence electrons. The van der Waals surface area contributed by atoms with Crippen LogP contribution >= 0.6 is 11.3 Å². The summed E-state index contributed by atoms with van der Waals surface area (Å²) in [4.78, 5) is 15.3. The summed E-state index contributed by atoms with van der Waals surface area (Å²) in [5.41, 5.74) is 5.48. The molecule has 0 aliphatic heterocycles. The summed E-state index contributed by atoms with van der Waals surface area (Å²) in [7, 11) is 0. The molecule has 5 heteroatoms. The van der Waals surface area contributed by atoms with Gasteiger partial charge in [0.15, 0.2) is 0 Å². The Hall–Kier alpha value is -0.940. The molecule has 1 rings (SSSR count). The van der Waals surface area contributed by atoms with Crippen LogP contribution in [0.25, 0.3) is 0 Å². The van der Waals surface area contributed by atoms with E-state index < -0.39 is 5.54 Å². The molecular formula is C9H15N3OS. The number of nitrogens with two attached hydrogens (primary N) is 1. The van der Waals surface area contributed by atoms with Crippen molar-refractivity contribution in [3.63, 3.8) is 0 Å². The van der Waals surface area contributed by atoms with Crippen LogP contribution in [-0.4, -0.2) is 16.4 Å². The quantitative estimate of drug-likeness (QED) is 0.777. The van der Waals surface area contributed by atoms with Crippen molar-refractivity contribution in [3.8, 4) is 0 Å². The van der Waals surface area contributed by atoms with E-state index in [9.17, 15) is 4.79 Å². The van der Waals surface area contributed by atoms with Crippen LogP contribution in [0.5, 0.6) is 0 Å². The van der Waals surface area contributed by atoms with Crippen LogP contribution in [0.2, 0.25) is 0 Å². The minimum absolute atomic E-state index is 0.357. The zero-order chi connectivity index (χ0) is 10.8. The largest absolute Gasteiger partial charge is 0.368 e. The van der Waals surface area contributed by atoms with Crippen LogP contribution < -0.4 is 11.1 Å². The molecule has 0 aliphatic carbocycles. The van der Waals surface area contributed by atoms with Crippen LogP contribution in [0.15, 0.2) is 5.38 Å². The van der Waals surface area contributed by atoms with Gasteiger partial charge >= 0.3 is 0 Å². The molecule has 0 saturated heterocycles. The average molecular weight is 213 g/mol. The third-order valence-electron chi connectivity index (χ3n) is 1.99. The number of amides is 1. The zero-order valence-electron chi connectivity index (χ0n) is 8.63. The predicted molar refractivity (Wildman–Crippen MR) is 57.0 cm³/mol. The van der Waals surface area contributed by atoms with Gasteiger partial charge < -0.3 is 5.73 Å². The molecule has 3 N–H and O–H groups in total. The summed E-state index contributed by atoms with van der Waals surface area (Å²) in [5.74, 6) is -0.357. The van der Waals surface area contributed by atoms with Crippen molar-refractivity contribution in [1.82, 2.24) is 10.3 Å². The lowest BCUT2D eigenvalue weighted by Crippen LogP contribution is -2.50. The molecule has 1 heterocycles. The molecule has 1 aromatic heterocycles. The van der Waals surface area contributed by atoms with Gasteiger partial charge in [-0.3, -0.25) is 10.1 Å². The number of thiazole rings is 1. The molecule has 0 fully saturated rings. The van der Waals surface area contributed by atoms with E-state index in [2.05, 4.69) is 10.3 Å². The van der Waals surface area contributed by atoms with E-state index in [4.69, 9.17) is 5.73 Å². The summed E-state index contributed by atoms with van der Waals surface area (Å²) >= 11 is 1.60. The molecule has 1 amide bonds. The van der Waals surface area contributed by atoms with Crippen molar-refractivity contribution >= 4 is 17.2 Å². The van der Waals surface area contributed by atoms with Crippen LogP contribution in [0.3, 0.4) is 0 Å². The summed E-state index contributed by atoms with van der Waals surface area (Å²) in [6.07, 6.45) is 0. The lowest BCUT2D eigenvalue weighted by atomic mass is 10.1. The molecule has 14 heavy (non-hydrogen) atoms. The number of hydrogen-bond acceptors (Lipinski definition) is 4. The van der Waals surface area contributed by atoms with Gasteiger partial charge in [0.2, 0.25) is 5.91 Å². The van der Waals surface area contributed by atoms with Crippen molar-refractivity contribution in [3.05, 3.63) is 16.1 Å². The monoisotopic (exact) mass is 213 g/mol. The number of aromatic nitrogens is 1. The number of nitrogens with one attached hydrogen (secondary N) is 1. The van der Waals surface area contributed by atoms with E-state index >= 15 is 0 Å². The molecule has 0 radical (unpaired) electrons. The molecule has 0 aliphatic rings. The molecular weight excluding hydrogens is 198 g/mol. The van der Waals surface area contributed by atoms with Gasteiger partial charge in [-0.25, -0.2) is 4.98 Å². The van der Waals surface area contributed by atoms with E-state index in [0.717, 1.165) is 10.7 Å². The minimum Gasteiger partial charge on any atom is -0.368 e. The molecule has 0 atom stereocenters. The Balaban J connectivity index is 2.52. The first-order valence-corrected chi connectivity index (χ1v) is 5.26. The second-order valence-corrected chi connectivity index (χ2v) is 4.76. The molecule has 0 unspecified atom stereocenters. The fraction of sp³-hybridized carbons (Fsp3) is 0.556. The first-order chi connectivity index (χ1) is 6.42. The van der Waals surface area contributed by atoms with Gasteiger partial charge in [0.05, 0.1) is 16.2 Å². The first kappa shape index (κ1) is 11.1. The number of primary amides is 1. The van der Waals surface area contributed by atoms with Crippen LogP contribution in [-0.2, 0) is 11.3 Å². The molecule has 0 aromatic carbocycles. The lowest BCUT2D eigenvalue weighted by Gasteiger charge is -2.21. The Morgan fingerprint density at radius 3 is 2.79 bits per heavy atom. The highest BCUT2D eigenvalue weighted by Gasteiger charge is 2.23. The fourth-order valence-corrected chi connectivity index (χ4v) is 1.50. The molecule has 0 spiro atoms. The van der Waals surface area contributed by atoms with Crippen LogP contribution in [0.1, 0.15) is 24.5 Å². The van der Waals surface area contributed by atoms with Gasteiger partial charge in [0.1, 0.15) is 0 Å². The summed E-state index contributed by atoms with van der Waals surface area (Å²) in [6, 6.07) is 0. The summed E-state index contributed by atoms with van der Waals surface area (Å²) in [5, 5.41) is 6.06. The highest BCUT2D eigenvalue weighted by Crippen LogP contribution is 2.09. The minimum atomic E-state index is -0.683. The second-order valence-electron chi connectivity index (χ2n) is 3.70. The van der Waals surface area contributed by atoms with Crippen molar-refractivity contribution in [2.45, 2.75) is 32.9 Å². The number of aryl methyl sites for hydroxylation is 1. The van der Waals surface area contributed by atoms with Crippen molar-refractivity contribution in [1.29, 1.82) is 0 Å². The number of carbonyl (C=O) groups excluding carboxylic acids is 1. The van der Waals surface area contributed by atoms with Gasteiger partial charge in [-0.2, -0.15) is 0 Å². The second kappa shape index (κ2) is 4.06. The number of nitrogens with zero attached hydrogens (tertiary/aromatic N) is 1. The maximum absolute atomic E-state index is 11.0. The van der Waals surface area contributed by atoms with Crippen molar-refractivity contribution in [2.75, 3.05) is 0 Å². The Labute approximate surface area is 87.5 Å². The van der Waals surface area contributed by atoms with Crippen molar-refractivity contribution in [2.24, 2.45) is 5.73 Å². The highest BCUT2D eigenvalue weighted by atomic mass is 32.1. The summed E-state index contributed by atoms with van der Waals surface area (Å²) in [6.45, 7) is 6.04. The van der Waals surface area contributed by atoms with E-state index in [1.165, 1.54) is 0 Å². The molecule has 4 nitrogen and oxygen atoms in total. The van der Waals surface area contributed by atoms with E-state index in [1.54, 1.807) is 25.2 Å². The van der Waals surface area contributed by atoms with Crippen molar-refractivity contribution < 1.29 is 4.79 Å². The van der Waals surface area contributed by atoms with Crippen LogP contribution in [0.4, 0.5) is 0 Å². The third kappa shape index (κ3) is 2.78. The van der Waals surface area contributed by atoms with E-state index in [-0.39, 0.29) is 5.91 Å². The maximum atomic E-state index is 11.0. The SMILES string of the molecule is Cc1nc(CNC(C)(C)C(N)=O)cs1. The van der Waals surface area contributed by atoms with E-state index in [1.807, 2.05) is 12.3 Å². The zero-order valence-corrected chi connectivity index (χ0v) is 9.44. The van der Waals surface area contributed by atoms with Gasteiger partial charge in [-0.1, -0.05) is 0 Å². The van der Waals surface area contributed by atoms with E-state index in [0.29, 0.717) is 6.54 Å². The maximum Gasteiger partial charge on any atom is 0.237 e. The fourth-order valence-electron chi connectivity index (χ4n) is 0.888. The van der Waals surface area contributed by atoms with Crippen LogP contribution in [0, 0.1) is 6.92 Å².